The standard InChI is InChI=1S/C24H27F4N3O4/c1-3-18(15-6-7-17(25)16(11-15)24(26,27)28)29-23(33)35-21-12-19(31-9-10-34-13-20(21)31)22(32)30-8-4-5-14(30)2/h6-7,11-12,14,18H,3-5,8-10,13H2,1-2H3,(H,29,33)/t14-,18+/m0/s1. The fraction of sp³-hybridized carbons (Fsp3) is 0.500. The third-order valence-electron chi connectivity index (χ3n) is 6.50. The van der Waals surface area contributed by atoms with Crippen LogP contribution in [-0.2, 0) is 24.1 Å². The molecule has 0 radical (unpaired) electrons. The monoisotopic (exact) mass is 497 g/mol. The number of rotatable bonds is 5. The first-order valence-corrected chi connectivity index (χ1v) is 11.6. The van der Waals surface area contributed by atoms with Crippen molar-refractivity contribution >= 4 is 12.0 Å². The van der Waals surface area contributed by atoms with E-state index in [4.69, 9.17) is 9.47 Å². The molecular formula is C24H27F4N3O4. The smallest absolute Gasteiger partial charge is 0.408 e. The van der Waals surface area contributed by atoms with Crippen molar-refractivity contribution in [3.05, 3.63) is 52.6 Å². The Morgan fingerprint density at radius 3 is 2.69 bits per heavy atom. The summed E-state index contributed by atoms with van der Waals surface area (Å²) < 4.78 is 65.8. The van der Waals surface area contributed by atoms with E-state index in [0.717, 1.165) is 18.9 Å². The summed E-state index contributed by atoms with van der Waals surface area (Å²) in [4.78, 5) is 27.7. The van der Waals surface area contributed by atoms with Crippen molar-refractivity contribution in [1.82, 2.24) is 14.8 Å². The zero-order valence-corrected chi connectivity index (χ0v) is 19.5. The van der Waals surface area contributed by atoms with Crippen LogP contribution in [0.2, 0.25) is 0 Å². The molecule has 0 saturated carbocycles. The van der Waals surface area contributed by atoms with Crippen LogP contribution in [0.15, 0.2) is 24.3 Å². The van der Waals surface area contributed by atoms with Gasteiger partial charge in [-0.25, -0.2) is 9.18 Å². The van der Waals surface area contributed by atoms with E-state index in [0.29, 0.717) is 37.2 Å². The highest BCUT2D eigenvalue weighted by molar-refractivity contribution is 5.94. The molecule has 0 bridgehead atoms. The highest BCUT2D eigenvalue weighted by atomic mass is 19.4. The Hall–Kier alpha value is -3.08. The van der Waals surface area contributed by atoms with E-state index < -0.39 is 29.7 Å². The number of benzene rings is 1. The minimum absolute atomic E-state index is 0.0966. The van der Waals surface area contributed by atoms with E-state index in [1.807, 2.05) is 6.92 Å². The Morgan fingerprint density at radius 1 is 1.26 bits per heavy atom. The van der Waals surface area contributed by atoms with Crippen LogP contribution in [0.3, 0.4) is 0 Å². The second-order valence-electron chi connectivity index (χ2n) is 8.77. The Balaban J connectivity index is 1.54. The normalized spacial score (nSPS) is 18.8. The molecule has 2 aliphatic rings. The van der Waals surface area contributed by atoms with Crippen LogP contribution in [0.1, 0.15) is 66.5 Å². The minimum Gasteiger partial charge on any atom is -0.408 e. The van der Waals surface area contributed by atoms with Crippen molar-refractivity contribution in [3.8, 4) is 5.75 Å². The van der Waals surface area contributed by atoms with Crippen molar-refractivity contribution in [3.63, 3.8) is 0 Å². The molecule has 1 aromatic carbocycles. The number of nitrogens with zero attached hydrogens (tertiary/aromatic N) is 2. The summed E-state index contributed by atoms with van der Waals surface area (Å²) in [6.07, 6.45) is -3.67. The Kier molecular flexibility index (Phi) is 7.07. The van der Waals surface area contributed by atoms with Gasteiger partial charge in [-0.05, 0) is 43.9 Å². The number of nitrogens with one attached hydrogen (secondary N) is 1. The molecule has 2 aromatic rings. The summed E-state index contributed by atoms with van der Waals surface area (Å²) in [5.74, 6) is -1.38. The second-order valence-corrected chi connectivity index (χ2v) is 8.77. The summed E-state index contributed by atoms with van der Waals surface area (Å²) in [6, 6.07) is 3.39. The van der Waals surface area contributed by atoms with Crippen LogP contribution in [0.5, 0.6) is 5.75 Å². The van der Waals surface area contributed by atoms with Gasteiger partial charge in [0.2, 0.25) is 0 Å². The fourth-order valence-corrected chi connectivity index (χ4v) is 4.61. The van der Waals surface area contributed by atoms with Gasteiger partial charge < -0.3 is 24.3 Å². The predicted molar refractivity (Wildman–Crippen MR) is 117 cm³/mol. The first-order chi connectivity index (χ1) is 16.6. The Morgan fingerprint density at radius 2 is 2.03 bits per heavy atom. The lowest BCUT2D eigenvalue weighted by atomic mass is 10.0. The first-order valence-electron chi connectivity index (χ1n) is 11.6. The number of alkyl halides is 3. The molecular weight excluding hydrogens is 470 g/mol. The van der Waals surface area contributed by atoms with E-state index >= 15 is 0 Å². The summed E-state index contributed by atoms with van der Waals surface area (Å²) >= 11 is 0. The summed E-state index contributed by atoms with van der Waals surface area (Å²) in [7, 11) is 0. The molecule has 2 aliphatic heterocycles. The number of halogens is 4. The largest absolute Gasteiger partial charge is 0.419 e. The fourth-order valence-electron chi connectivity index (χ4n) is 4.61. The zero-order valence-electron chi connectivity index (χ0n) is 19.5. The molecule has 0 spiro atoms. The SMILES string of the molecule is CC[C@@H](NC(=O)Oc1cc(C(=O)N2CCC[C@@H]2C)n2c1COCC2)c1ccc(F)c(C(F)(F)F)c1. The molecule has 1 saturated heterocycles. The van der Waals surface area contributed by atoms with Crippen molar-refractivity contribution in [2.45, 2.75) is 64.5 Å². The number of hydrogen-bond donors (Lipinski definition) is 1. The van der Waals surface area contributed by atoms with Crippen LogP contribution < -0.4 is 10.1 Å². The number of ether oxygens (including phenoxy) is 2. The van der Waals surface area contributed by atoms with Crippen molar-refractivity contribution < 1.29 is 36.6 Å². The van der Waals surface area contributed by atoms with Gasteiger partial charge in [0.1, 0.15) is 11.5 Å². The van der Waals surface area contributed by atoms with Crippen LogP contribution in [0.4, 0.5) is 22.4 Å². The lowest BCUT2D eigenvalue weighted by molar-refractivity contribution is -0.140. The van der Waals surface area contributed by atoms with Crippen LogP contribution >= 0.6 is 0 Å². The number of fused-ring (bicyclic) bond motifs is 1. The number of carbonyl (C=O) groups is 2. The van der Waals surface area contributed by atoms with Gasteiger partial charge in [-0.15, -0.1) is 0 Å². The highest BCUT2D eigenvalue weighted by Gasteiger charge is 2.35. The number of amides is 2. The topological polar surface area (TPSA) is 72.8 Å². The van der Waals surface area contributed by atoms with E-state index in [1.165, 1.54) is 12.1 Å². The molecule has 7 nitrogen and oxygen atoms in total. The lowest BCUT2D eigenvalue weighted by Crippen LogP contribution is -2.35. The second kappa shape index (κ2) is 9.88. The molecule has 3 heterocycles. The summed E-state index contributed by atoms with van der Waals surface area (Å²) in [5, 5.41) is 2.54. The van der Waals surface area contributed by atoms with Gasteiger partial charge in [0.05, 0.1) is 30.5 Å². The van der Waals surface area contributed by atoms with Gasteiger partial charge in [-0.3, -0.25) is 4.79 Å². The average Bonchev–Trinajstić information content (AvgIpc) is 3.40. The predicted octanol–water partition coefficient (Wildman–Crippen LogP) is 5.04. The first kappa shape index (κ1) is 25.0. The van der Waals surface area contributed by atoms with E-state index in [1.54, 1.807) is 16.4 Å². The third-order valence-corrected chi connectivity index (χ3v) is 6.50. The maximum Gasteiger partial charge on any atom is 0.419 e. The van der Waals surface area contributed by atoms with E-state index in [-0.39, 0.29) is 36.3 Å². The molecule has 1 aromatic heterocycles. The molecule has 0 aliphatic carbocycles. The molecule has 1 fully saturated rings. The van der Waals surface area contributed by atoms with Gasteiger partial charge in [-0.2, -0.15) is 13.2 Å². The van der Waals surface area contributed by atoms with Gasteiger partial charge in [-0.1, -0.05) is 13.0 Å². The maximum atomic E-state index is 13.7. The molecule has 4 rings (SSSR count). The number of likely N-dealkylation sites (tertiary alicyclic amines) is 1. The van der Waals surface area contributed by atoms with Gasteiger partial charge in [0, 0.05) is 25.2 Å². The molecule has 2 amide bonds. The summed E-state index contributed by atoms with van der Waals surface area (Å²) in [6.45, 7) is 5.30. The van der Waals surface area contributed by atoms with Crippen LogP contribution in [-0.4, -0.2) is 40.7 Å². The lowest BCUT2D eigenvalue weighted by Gasteiger charge is -2.24. The number of carbonyl (C=O) groups excluding carboxylic acids is 2. The van der Waals surface area contributed by atoms with Crippen molar-refractivity contribution in [2.24, 2.45) is 0 Å². The molecule has 190 valence electrons. The third kappa shape index (κ3) is 5.14. The molecule has 11 heteroatoms. The minimum atomic E-state index is -4.86. The van der Waals surface area contributed by atoms with Gasteiger partial charge in [0.25, 0.3) is 5.91 Å². The van der Waals surface area contributed by atoms with Gasteiger partial charge in [0.15, 0.2) is 5.75 Å². The molecule has 35 heavy (non-hydrogen) atoms. The molecule has 0 unspecified atom stereocenters. The quantitative estimate of drug-likeness (QED) is 0.588. The maximum absolute atomic E-state index is 13.7. The average molecular weight is 497 g/mol. The zero-order chi connectivity index (χ0) is 25.3. The van der Waals surface area contributed by atoms with Crippen LogP contribution in [0.25, 0.3) is 0 Å². The molecule has 2 atom stereocenters. The van der Waals surface area contributed by atoms with Crippen molar-refractivity contribution in [1.29, 1.82) is 0 Å². The molecule has 1 N–H and O–H groups in total. The Labute approximate surface area is 200 Å². The van der Waals surface area contributed by atoms with Crippen LogP contribution in [0, 0.1) is 5.82 Å². The van der Waals surface area contributed by atoms with Gasteiger partial charge >= 0.3 is 12.3 Å². The number of aromatic nitrogens is 1. The van der Waals surface area contributed by atoms with E-state index in [9.17, 15) is 27.2 Å². The van der Waals surface area contributed by atoms with Crippen molar-refractivity contribution in [2.75, 3.05) is 13.2 Å². The van der Waals surface area contributed by atoms with E-state index in [2.05, 4.69) is 5.32 Å². The Bertz CT molecular complexity index is 1110. The summed E-state index contributed by atoms with van der Waals surface area (Å²) in [5.41, 5.74) is -0.364. The highest BCUT2D eigenvalue weighted by Crippen LogP contribution is 2.34. The number of hydrogen-bond acceptors (Lipinski definition) is 4.